The van der Waals surface area contributed by atoms with Gasteiger partial charge < -0.3 is 10.5 Å². The maximum Gasteiger partial charge on any atom is 0.238 e. The summed E-state index contributed by atoms with van der Waals surface area (Å²) in [4.78, 5) is 3.96. The number of pyridine rings is 1. The van der Waals surface area contributed by atoms with Crippen LogP contribution in [0.4, 0.5) is 10.1 Å². The summed E-state index contributed by atoms with van der Waals surface area (Å²) >= 11 is 9.14. The second-order valence-corrected chi connectivity index (χ2v) is 4.55. The van der Waals surface area contributed by atoms with Crippen molar-refractivity contribution in [3.05, 3.63) is 45.8 Å². The number of ether oxygens (including phenoxy) is 1. The van der Waals surface area contributed by atoms with Gasteiger partial charge in [0, 0.05) is 16.7 Å². The van der Waals surface area contributed by atoms with Crippen LogP contribution in [-0.4, -0.2) is 4.98 Å². The molecule has 0 atom stereocenters. The van der Waals surface area contributed by atoms with Crippen LogP contribution in [0.25, 0.3) is 0 Å². The van der Waals surface area contributed by atoms with Crippen molar-refractivity contribution in [2.24, 2.45) is 0 Å². The van der Waals surface area contributed by atoms with Crippen LogP contribution in [0.1, 0.15) is 0 Å². The normalized spacial score (nSPS) is 10.3. The summed E-state index contributed by atoms with van der Waals surface area (Å²) in [5, 5.41) is 0.308. The topological polar surface area (TPSA) is 48.1 Å². The van der Waals surface area contributed by atoms with Crippen LogP contribution >= 0.6 is 27.5 Å². The summed E-state index contributed by atoms with van der Waals surface area (Å²) in [5.74, 6) is -0.0867. The molecule has 0 fully saturated rings. The Morgan fingerprint density at radius 3 is 2.82 bits per heavy atom. The molecule has 0 aliphatic heterocycles. The summed E-state index contributed by atoms with van der Waals surface area (Å²) in [6, 6.07) is 5.46. The molecule has 2 N–H and O–H groups in total. The third-order valence-electron chi connectivity index (χ3n) is 1.96. The molecule has 0 spiro atoms. The first-order valence-corrected chi connectivity index (χ1v) is 5.77. The van der Waals surface area contributed by atoms with Gasteiger partial charge in [-0.15, -0.1) is 0 Å². The Hall–Kier alpha value is -1.33. The number of hydrogen-bond donors (Lipinski definition) is 1. The Morgan fingerprint density at radius 2 is 2.12 bits per heavy atom. The van der Waals surface area contributed by atoms with Crippen LogP contribution in [0.3, 0.4) is 0 Å². The molecule has 0 saturated carbocycles. The van der Waals surface area contributed by atoms with E-state index in [4.69, 9.17) is 22.1 Å². The molecule has 2 rings (SSSR count). The molecule has 0 radical (unpaired) electrons. The van der Waals surface area contributed by atoms with Gasteiger partial charge in [0.15, 0.2) is 5.75 Å². The molecule has 17 heavy (non-hydrogen) atoms. The molecule has 0 amide bonds. The molecule has 2 aromatic rings. The number of anilines is 1. The standard InChI is InChI=1S/C11H7BrClFN2O/c12-6-3-8(13)11(16-5-6)17-10-4-7(14)1-2-9(10)15/h1-5H,15H2. The molecular weight excluding hydrogens is 310 g/mol. The summed E-state index contributed by atoms with van der Waals surface area (Å²) in [6.45, 7) is 0. The van der Waals surface area contributed by atoms with Crippen LogP contribution in [0.15, 0.2) is 34.9 Å². The maximum absolute atomic E-state index is 13.0. The lowest BCUT2D eigenvalue weighted by molar-refractivity contribution is 0.460. The molecule has 3 nitrogen and oxygen atoms in total. The number of nitrogens with two attached hydrogens (primary N) is 1. The number of nitrogens with zero attached hydrogens (tertiary/aromatic N) is 1. The van der Waals surface area contributed by atoms with Crippen molar-refractivity contribution in [1.82, 2.24) is 4.98 Å². The van der Waals surface area contributed by atoms with E-state index in [1.54, 1.807) is 6.07 Å². The van der Waals surface area contributed by atoms with E-state index in [0.29, 0.717) is 10.7 Å². The van der Waals surface area contributed by atoms with Gasteiger partial charge in [-0.1, -0.05) is 11.6 Å². The molecule has 1 aromatic carbocycles. The molecule has 1 aromatic heterocycles. The average Bonchev–Trinajstić information content (AvgIpc) is 2.27. The van der Waals surface area contributed by atoms with Crippen molar-refractivity contribution >= 4 is 33.2 Å². The lowest BCUT2D eigenvalue weighted by Crippen LogP contribution is -1.95. The highest BCUT2D eigenvalue weighted by Crippen LogP contribution is 2.32. The molecule has 0 aliphatic carbocycles. The minimum atomic E-state index is -0.442. The predicted molar refractivity (Wildman–Crippen MR) is 67.8 cm³/mol. The van der Waals surface area contributed by atoms with E-state index in [1.807, 2.05) is 0 Å². The van der Waals surface area contributed by atoms with E-state index in [-0.39, 0.29) is 11.6 Å². The van der Waals surface area contributed by atoms with Crippen molar-refractivity contribution in [2.45, 2.75) is 0 Å². The van der Waals surface area contributed by atoms with Crippen molar-refractivity contribution in [1.29, 1.82) is 0 Å². The van der Waals surface area contributed by atoms with Crippen LogP contribution in [0, 0.1) is 5.82 Å². The van der Waals surface area contributed by atoms with Gasteiger partial charge in [0.2, 0.25) is 5.88 Å². The quantitative estimate of drug-likeness (QED) is 0.851. The van der Waals surface area contributed by atoms with Gasteiger partial charge in [-0.3, -0.25) is 0 Å². The molecule has 0 bridgehead atoms. The smallest absolute Gasteiger partial charge is 0.238 e. The van der Waals surface area contributed by atoms with Crippen molar-refractivity contribution in [2.75, 3.05) is 5.73 Å². The van der Waals surface area contributed by atoms with E-state index in [2.05, 4.69) is 20.9 Å². The zero-order valence-electron chi connectivity index (χ0n) is 8.45. The number of benzene rings is 1. The third kappa shape index (κ3) is 2.87. The van der Waals surface area contributed by atoms with E-state index in [0.717, 1.165) is 4.47 Å². The van der Waals surface area contributed by atoms with Gasteiger partial charge in [0.25, 0.3) is 0 Å². The average molecular weight is 318 g/mol. The minimum absolute atomic E-state index is 0.173. The Morgan fingerprint density at radius 1 is 1.35 bits per heavy atom. The van der Waals surface area contributed by atoms with Crippen LogP contribution in [0.2, 0.25) is 5.02 Å². The number of nitrogen functional groups attached to an aromatic ring is 1. The molecular formula is C11H7BrClFN2O. The molecule has 0 saturated heterocycles. The fourth-order valence-corrected chi connectivity index (χ4v) is 1.85. The molecule has 6 heteroatoms. The first-order chi connectivity index (χ1) is 8.06. The Kier molecular flexibility index (Phi) is 3.49. The maximum atomic E-state index is 13.0. The minimum Gasteiger partial charge on any atom is -0.435 e. The zero-order valence-corrected chi connectivity index (χ0v) is 10.8. The van der Waals surface area contributed by atoms with Crippen molar-refractivity contribution in [3.63, 3.8) is 0 Å². The fraction of sp³-hybridized carbons (Fsp3) is 0. The van der Waals surface area contributed by atoms with Crippen LogP contribution in [-0.2, 0) is 0 Å². The first kappa shape index (κ1) is 12.1. The number of aromatic nitrogens is 1. The number of hydrogen-bond acceptors (Lipinski definition) is 3. The second kappa shape index (κ2) is 4.89. The summed E-state index contributed by atoms with van der Waals surface area (Å²) in [6.07, 6.45) is 1.52. The van der Waals surface area contributed by atoms with Gasteiger partial charge >= 0.3 is 0 Å². The fourth-order valence-electron chi connectivity index (χ4n) is 1.18. The van der Waals surface area contributed by atoms with Crippen LogP contribution < -0.4 is 10.5 Å². The van der Waals surface area contributed by atoms with Gasteiger partial charge in [-0.2, -0.15) is 0 Å². The Balaban J connectivity index is 2.34. The predicted octanol–water partition coefficient (Wildman–Crippen LogP) is 4.01. The highest BCUT2D eigenvalue weighted by molar-refractivity contribution is 9.10. The van der Waals surface area contributed by atoms with Gasteiger partial charge in [0.05, 0.1) is 5.69 Å². The van der Waals surface area contributed by atoms with Gasteiger partial charge in [-0.05, 0) is 34.1 Å². The largest absolute Gasteiger partial charge is 0.435 e. The number of rotatable bonds is 2. The highest BCUT2D eigenvalue weighted by atomic mass is 79.9. The molecule has 1 heterocycles. The first-order valence-electron chi connectivity index (χ1n) is 4.60. The SMILES string of the molecule is Nc1ccc(F)cc1Oc1ncc(Br)cc1Cl. The Bertz CT molecular complexity index is 565. The van der Waals surface area contributed by atoms with Gasteiger partial charge in [0.1, 0.15) is 10.8 Å². The van der Waals surface area contributed by atoms with Crippen molar-refractivity contribution in [3.8, 4) is 11.6 Å². The zero-order chi connectivity index (χ0) is 12.4. The van der Waals surface area contributed by atoms with E-state index in [9.17, 15) is 4.39 Å². The lowest BCUT2D eigenvalue weighted by Gasteiger charge is -2.08. The molecule has 0 aliphatic rings. The second-order valence-electron chi connectivity index (χ2n) is 3.22. The third-order valence-corrected chi connectivity index (χ3v) is 2.66. The van der Waals surface area contributed by atoms with E-state index < -0.39 is 5.82 Å². The summed E-state index contributed by atoms with van der Waals surface area (Å²) in [5.41, 5.74) is 5.96. The molecule has 0 unspecified atom stereocenters. The van der Waals surface area contributed by atoms with Crippen LogP contribution in [0.5, 0.6) is 11.6 Å². The van der Waals surface area contributed by atoms with Gasteiger partial charge in [-0.25, -0.2) is 9.37 Å². The summed E-state index contributed by atoms with van der Waals surface area (Å²) < 4.78 is 19.1. The highest BCUT2D eigenvalue weighted by Gasteiger charge is 2.08. The van der Waals surface area contributed by atoms with Crippen molar-refractivity contribution < 1.29 is 9.13 Å². The lowest BCUT2D eigenvalue weighted by atomic mass is 10.3. The monoisotopic (exact) mass is 316 g/mol. The van der Waals surface area contributed by atoms with E-state index in [1.165, 1.54) is 24.4 Å². The molecule has 88 valence electrons. The number of halogens is 3. The summed E-state index contributed by atoms with van der Waals surface area (Å²) in [7, 11) is 0. The van der Waals surface area contributed by atoms with E-state index >= 15 is 0 Å². The Labute approximate surface area is 110 Å².